The molecule has 0 amide bonds. The van der Waals surface area contributed by atoms with Gasteiger partial charge in [0.25, 0.3) is 0 Å². The minimum absolute atomic E-state index is 0.0992. The summed E-state index contributed by atoms with van der Waals surface area (Å²) in [5, 5.41) is 11.1. The molecule has 0 spiro atoms. The maximum Gasteiger partial charge on any atom is 0.231 e. The van der Waals surface area contributed by atoms with Crippen LogP contribution in [0.2, 0.25) is 0 Å². The molecule has 0 unspecified atom stereocenters. The molecule has 0 radical (unpaired) electrons. The van der Waals surface area contributed by atoms with E-state index in [1.165, 1.54) is 11.1 Å². The van der Waals surface area contributed by atoms with Crippen LogP contribution in [0, 0.1) is 13.8 Å². The normalized spacial score (nSPS) is 24.9. The van der Waals surface area contributed by atoms with Gasteiger partial charge in [0.05, 0.1) is 13.2 Å². The Kier molecular flexibility index (Phi) is 5.09. The monoisotopic (exact) mass is 468 g/mol. The molecule has 0 saturated carbocycles. The fraction of sp³-hybridized carbons (Fsp3) is 0.538. The number of ether oxygens (including phenoxy) is 5. The van der Waals surface area contributed by atoms with Gasteiger partial charge in [0.2, 0.25) is 6.79 Å². The van der Waals surface area contributed by atoms with Gasteiger partial charge in [-0.1, -0.05) is 6.07 Å². The zero-order valence-corrected chi connectivity index (χ0v) is 20.4. The number of aryl methyl sites for hydroxylation is 1. The molecule has 1 fully saturated rings. The maximum absolute atomic E-state index is 11.1. The first kappa shape index (κ1) is 21.8. The van der Waals surface area contributed by atoms with Crippen molar-refractivity contribution in [2.75, 3.05) is 41.4 Å². The number of hydrogen-bond acceptors (Lipinski definition) is 8. The van der Waals surface area contributed by atoms with Crippen LogP contribution in [0.4, 0.5) is 0 Å². The van der Waals surface area contributed by atoms with Gasteiger partial charge in [-0.25, -0.2) is 0 Å². The summed E-state index contributed by atoms with van der Waals surface area (Å²) in [7, 11) is 5.53. The topological polar surface area (TPSA) is 72.9 Å². The number of phenolic OH excluding ortho intramolecular Hbond substituents is 1. The zero-order chi connectivity index (χ0) is 23.7. The standard InChI is InChI=1S/C26H32N2O6/c1-13-6-15-7-16-9-28-10-18-17(22(29)14(2)24-25(18)34-12-33-24)8-19(28)21(27(16)3)20(15)26(23(13)31-5)32-11-30-4/h6,16,19,21,29H,7-12H2,1-5H3/t16-,19-,21-/m0/s1. The molecule has 182 valence electrons. The summed E-state index contributed by atoms with van der Waals surface area (Å²) in [6.45, 7) is 6.02. The van der Waals surface area contributed by atoms with Crippen molar-refractivity contribution in [3.05, 3.63) is 39.4 Å². The predicted molar refractivity (Wildman–Crippen MR) is 125 cm³/mol. The van der Waals surface area contributed by atoms with Gasteiger partial charge in [-0.05, 0) is 44.9 Å². The van der Waals surface area contributed by atoms with Gasteiger partial charge in [-0.3, -0.25) is 9.80 Å². The molecule has 2 aromatic carbocycles. The van der Waals surface area contributed by atoms with Crippen LogP contribution in [0.3, 0.4) is 0 Å². The van der Waals surface area contributed by atoms with Crippen LogP contribution < -0.4 is 18.9 Å². The Morgan fingerprint density at radius 3 is 2.65 bits per heavy atom. The number of rotatable bonds is 4. The van der Waals surface area contributed by atoms with E-state index < -0.39 is 0 Å². The van der Waals surface area contributed by atoms with Crippen molar-refractivity contribution in [3.8, 4) is 28.7 Å². The summed E-state index contributed by atoms with van der Waals surface area (Å²) in [4.78, 5) is 5.03. The van der Waals surface area contributed by atoms with E-state index in [9.17, 15) is 5.11 Å². The summed E-state index contributed by atoms with van der Waals surface area (Å²) >= 11 is 0. The van der Waals surface area contributed by atoms with E-state index in [1.54, 1.807) is 14.2 Å². The number of fused-ring (bicyclic) bond motifs is 9. The van der Waals surface area contributed by atoms with Crippen molar-refractivity contribution >= 4 is 0 Å². The molecule has 4 aliphatic rings. The molecule has 0 aliphatic carbocycles. The second-order valence-electron chi connectivity index (χ2n) is 9.84. The van der Waals surface area contributed by atoms with Crippen LogP contribution >= 0.6 is 0 Å². The number of methoxy groups -OCH3 is 2. The predicted octanol–water partition coefficient (Wildman–Crippen LogP) is 3.07. The van der Waals surface area contributed by atoms with Gasteiger partial charge < -0.3 is 28.8 Å². The summed E-state index contributed by atoms with van der Waals surface area (Å²) in [5.74, 6) is 3.35. The van der Waals surface area contributed by atoms with Crippen LogP contribution in [-0.4, -0.2) is 68.4 Å². The molecule has 2 aromatic rings. The molecular weight excluding hydrogens is 436 g/mol. The number of aromatic hydroxyl groups is 1. The highest BCUT2D eigenvalue weighted by atomic mass is 16.7. The lowest BCUT2D eigenvalue weighted by atomic mass is 9.75. The van der Waals surface area contributed by atoms with Crippen LogP contribution in [0.1, 0.15) is 39.4 Å². The Balaban J connectivity index is 1.50. The quantitative estimate of drug-likeness (QED) is 0.687. The molecule has 34 heavy (non-hydrogen) atoms. The van der Waals surface area contributed by atoms with Crippen LogP contribution in [0.15, 0.2) is 6.07 Å². The molecule has 6 rings (SSSR count). The molecular formula is C26H32N2O6. The average molecular weight is 469 g/mol. The summed E-state index contributed by atoms with van der Waals surface area (Å²) < 4.78 is 28.8. The third-order valence-electron chi connectivity index (χ3n) is 8.12. The van der Waals surface area contributed by atoms with Crippen molar-refractivity contribution in [1.82, 2.24) is 9.80 Å². The third kappa shape index (κ3) is 2.95. The first-order valence-corrected chi connectivity index (χ1v) is 11.9. The molecule has 1 N–H and O–H groups in total. The van der Waals surface area contributed by atoms with E-state index in [-0.39, 0.29) is 25.7 Å². The summed E-state index contributed by atoms with van der Waals surface area (Å²) in [6, 6.07) is 2.92. The molecule has 4 aliphatic heterocycles. The number of hydrogen-bond donors (Lipinski definition) is 1. The third-order valence-corrected chi connectivity index (χ3v) is 8.12. The van der Waals surface area contributed by atoms with E-state index >= 15 is 0 Å². The lowest BCUT2D eigenvalue weighted by molar-refractivity contribution is -0.0307. The number of likely N-dealkylation sites (N-methyl/N-ethyl adjacent to an activating group) is 1. The highest BCUT2D eigenvalue weighted by Crippen LogP contribution is 2.54. The van der Waals surface area contributed by atoms with Crippen molar-refractivity contribution in [2.24, 2.45) is 0 Å². The van der Waals surface area contributed by atoms with Gasteiger partial charge in [0, 0.05) is 54.5 Å². The maximum atomic E-state index is 11.1. The molecule has 0 aromatic heterocycles. The smallest absolute Gasteiger partial charge is 0.231 e. The molecule has 8 nitrogen and oxygen atoms in total. The van der Waals surface area contributed by atoms with Gasteiger partial charge in [0.15, 0.2) is 29.8 Å². The Labute approximate surface area is 199 Å². The first-order valence-electron chi connectivity index (χ1n) is 11.9. The second kappa shape index (κ2) is 7.93. The van der Waals surface area contributed by atoms with Crippen molar-refractivity contribution in [3.63, 3.8) is 0 Å². The highest BCUT2D eigenvalue weighted by molar-refractivity contribution is 5.64. The Morgan fingerprint density at radius 2 is 1.88 bits per heavy atom. The SMILES string of the molecule is COCOc1c(OC)c(C)cc2c1[C@@H]1[C@@H]3Cc4c(O)c(C)c5c(c4CN3C[C@H](C2)N1C)OCO5. The summed E-state index contributed by atoms with van der Waals surface area (Å²) in [6.07, 6.45) is 1.67. The molecule has 1 saturated heterocycles. The molecule has 4 heterocycles. The van der Waals surface area contributed by atoms with Crippen LogP contribution in [0.25, 0.3) is 0 Å². The number of nitrogens with zero attached hydrogens (tertiary/aromatic N) is 2. The number of benzene rings is 2. The van der Waals surface area contributed by atoms with Crippen LogP contribution in [-0.2, 0) is 24.1 Å². The molecule has 8 heteroatoms. The first-order chi connectivity index (χ1) is 16.4. The Morgan fingerprint density at radius 1 is 1.09 bits per heavy atom. The van der Waals surface area contributed by atoms with Crippen molar-refractivity contribution < 1.29 is 28.8 Å². The average Bonchev–Trinajstić information content (AvgIpc) is 3.31. The van der Waals surface area contributed by atoms with Gasteiger partial charge in [0.1, 0.15) is 5.75 Å². The van der Waals surface area contributed by atoms with E-state index in [0.29, 0.717) is 17.5 Å². The van der Waals surface area contributed by atoms with Gasteiger partial charge in [-0.15, -0.1) is 0 Å². The van der Waals surface area contributed by atoms with Gasteiger partial charge in [-0.2, -0.15) is 0 Å². The fourth-order valence-corrected chi connectivity index (χ4v) is 6.57. The minimum atomic E-state index is 0.0992. The van der Waals surface area contributed by atoms with Crippen molar-refractivity contribution in [1.29, 1.82) is 0 Å². The molecule has 3 atom stereocenters. The van der Waals surface area contributed by atoms with E-state index in [2.05, 4.69) is 29.8 Å². The zero-order valence-electron chi connectivity index (χ0n) is 20.4. The summed E-state index contributed by atoms with van der Waals surface area (Å²) in [5.41, 5.74) is 6.35. The van der Waals surface area contributed by atoms with E-state index in [0.717, 1.165) is 65.4 Å². The molecule has 2 bridgehead atoms. The Bertz CT molecular complexity index is 1170. The largest absolute Gasteiger partial charge is 0.507 e. The fourth-order valence-electron chi connectivity index (χ4n) is 6.57. The number of piperazine rings is 1. The van der Waals surface area contributed by atoms with Gasteiger partial charge >= 0.3 is 0 Å². The highest BCUT2D eigenvalue weighted by Gasteiger charge is 2.49. The number of phenols is 1. The lowest BCUT2D eigenvalue weighted by Crippen LogP contribution is -2.62. The van der Waals surface area contributed by atoms with E-state index in [1.807, 2.05) is 6.92 Å². The minimum Gasteiger partial charge on any atom is -0.507 e. The Hall–Kier alpha value is -2.68. The van der Waals surface area contributed by atoms with Crippen LogP contribution in [0.5, 0.6) is 28.7 Å². The lowest BCUT2D eigenvalue weighted by Gasteiger charge is -2.56. The van der Waals surface area contributed by atoms with E-state index in [4.69, 9.17) is 23.7 Å². The second-order valence-corrected chi connectivity index (χ2v) is 9.84. The van der Waals surface area contributed by atoms with Crippen molar-refractivity contribution in [2.45, 2.75) is 51.4 Å².